The van der Waals surface area contributed by atoms with Crippen molar-refractivity contribution in [2.75, 3.05) is 32.8 Å². The van der Waals surface area contributed by atoms with Gasteiger partial charge in [-0.05, 0) is 36.0 Å². The highest BCUT2D eigenvalue weighted by atomic mass is 19.1. The minimum Gasteiger partial charge on any atom is -0.465 e. The van der Waals surface area contributed by atoms with E-state index in [0.29, 0.717) is 32.8 Å². The molecule has 25 heavy (non-hydrogen) atoms. The Morgan fingerprint density at radius 1 is 1.32 bits per heavy atom. The molecule has 2 aliphatic heterocycles. The lowest BCUT2D eigenvalue weighted by Crippen LogP contribution is -2.59. The highest BCUT2D eigenvalue weighted by Crippen LogP contribution is 2.46. The van der Waals surface area contributed by atoms with E-state index in [-0.39, 0.29) is 23.6 Å². The molecule has 7 heteroatoms. The van der Waals surface area contributed by atoms with Crippen LogP contribution < -0.4 is 0 Å². The topological polar surface area (TPSA) is 76.8 Å². The summed E-state index contributed by atoms with van der Waals surface area (Å²) in [6.07, 6.45) is 0.876. The lowest BCUT2D eigenvalue weighted by Gasteiger charge is -2.45. The molecule has 1 amide bonds. The molecular formula is C18H20FN3O3. The van der Waals surface area contributed by atoms with Crippen molar-refractivity contribution in [2.45, 2.75) is 30.9 Å². The molecular weight excluding hydrogens is 325 g/mol. The van der Waals surface area contributed by atoms with Gasteiger partial charge in [-0.25, -0.2) is 9.18 Å². The van der Waals surface area contributed by atoms with E-state index in [1.165, 1.54) is 11.0 Å². The van der Waals surface area contributed by atoms with Crippen LogP contribution in [0.4, 0.5) is 9.18 Å². The van der Waals surface area contributed by atoms with Crippen molar-refractivity contribution in [3.8, 4) is 6.07 Å². The summed E-state index contributed by atoms with van der Waals surface area (Å²) in [5, 5.41) is 18.5. The smallest absolute Gasteiger partial charge is 0.407 e. The van der Waals surface area contributed by atoms with Crippen LogP contribution in [-0.4, -0.2) is 59.8 Å². The fourth-order valence-electron chi connectivity index (χ4n) is 3.96. The number of benzene rings is 1. The first-order valence-electron chi connectivity index (χ1n) is 8.64. The van der Waals surface area contributed by atoms with Gasteiger partial charge >= 0.3 is 6.09 Å². The Hall–Kier alpha value is -2.17. The number of amides is 1. The summed E-state index contributed by atoms with van der Waals surface area (Å²) in [5.41, 5.74) is 1.89. The summed E-state index contributed by atoms with van der Waals surface area (Å²) in [6, 6.07) is 5.19. The zero-order valence-corrected chi connectivity index (χ0v) is 13.8. The van der Waals surface area contributed by atoms with Crippen molar-refractivity contribution >= 4 is 6.09 Å². The second kappa shape index (κ2) is 6.28. The fourth-order valence-corrected chi connectivity index (χ4v) is 3.96. The zero-order valence-electron chi connectivity index (χ0n) is 13.8. The molecule has 1 N–H and O–H groups in total. The number of carboxylic acid groups (broad SMARTS) is 1. The number of fused-ring (bicyclic) bond motifs is 1. The van der Waals surface area contributed by atoms with Crippen LogP contribution in [0.5, 0.6) is 0 Å². The molecule has 3 aliphatic rings. The van der Waals surface area contributed by atoms with Crippen LogP contribution in [0.15, 0.2) is 12.1 Å². The summed E-state index contributed by atoms with van der Waals surface area (Å²) in [7, 11) is 0. The molecule has 0 spiro atoms. The number of piperazine rings is 1. The first-order valence-corrected chi connectivity index (χ1v) is 8.64. The summed E-state index contributed by atoms with van der Waals surface area (Å²) in [5.74, 6) is -0.206. The molecule has 3 fully saturated rings. The van der Waals surface area contributed by atoms with E-state index in [2.05, 4.69) is 4.90 Å². The molecule has 132 valence electrons. The number of ether oxygens (including phenoxy) is 1. The summed E-state index contributed by atoms with van der Waals surface area (Å²) in [6.45, 7) is 2.69. The number of morpholine rings is 1. The molecule has 6 nitrogen and oxygen atoms in total. The van der Waals surface area contributed by atoms with Gasteiger partial charge in [0.2, 0.25) is 0 Å². The molecule has 2 atom stereocenters. The number of hydrogen-bond acceptors (Lipinski definition) is 4. The quantitative estimate of drug-likeness (QED) is 0.890. The normalized spacial score (nSPS) is 26.8. The van der Waals surface area contributed by atoms with Crippen LogP contribution in [0.25, 0.3) is 0 Å². The van der Waals surface area contributed by atoms with Crippen LogP contribution in [0.1, 0.15) is 41.6 Å². The summed E-state index contributed by atoms with van der Waals surface area (Å²) >= 11 is 0. The molecule has 0 bridgehead atoms. The molecule has 4 rings (SSSR count). The molecule has 1 aromatic rings. The van der Waals surface area contributed by atoms with Crippen LogP contribution in [0, 0.1) is 17.1 Å². The Morgan fingerprint density at radius 2 is 2.12 bits per heavy atom. The maximum atomic E-state index is 14.0. The predicted octanol–water partition coefficient (Wildman–Crippen LogP) is 2.31. The molecule has 0 radical (unpaired) electrons. The van der Waals surface area contributed by atoms with Gasteiger partial charge in [-0.3, -0.25) is 4.90 Å². The molecule has 0 aromatic heterocycles. The molecule has 1 aromatic carbocycles. The van der Waals surface area contributed by atoms with Crippen molar-refractivity contribution in [1.82, 2.24) is 9.80 Å². The largest absolute Gasteiger partial charge is 0.465 e. The van der Waals surface area contributed by atoms with Crippen molar-refractivity contribution in [3.63, 3.8) is 0 Å². The van der Waals surface area contributed by atoms with Crippen LogP contribution in [-0.2, 0) is 4.74 Å². The van der Waals surface area contributed by atoms with E-state index in [1.807, 2.05) is 6.07 Å². The van der Waals surface area contributed by atoms with E-state index in [9.17, 15) is 14.4 Å². The van der Waals surface area contributed by atoms with Crippen LogP contribution >= 0.6 is 0 Å². The van der Waals surface area contributed by atoms with Gasteiger partial charge in [-0.1, -0.05) is 6.07 Å². The van der Waals surface area contributed by atoms with E-state index >= 15 is 0 Å². The van der Waals surface area contributed by atoms with Gasteiger partial charge in [0.05, 0.1) is 24.3 Å². The van der Waals surface area contributed by atoms with Gasteiger partial charge in [0, 0.05) is 26.2 Å². The van der Waals surface area contributed by atoms with Crippen molar-refractivity contribution < 1.29 is 19.0 Å². The Morgan fingerprint density at radius 3 is 2.80 bits per heavy atom. The molecule has 2 saturated heterocycles. The zero-order chi connectivity index (χ0) is 17.6. The Bertz CT molecular complexity index is 744. The third kappa shape index (κ3) is 2.96. The fraction of sp³-hybridized carbons (Fsp3) is 0.556. The standard InChI is InChI=1S/C18H20FN3O3/c19-15-4-3-13(17(11-1-2-11)14(15)7-20)16-9-21-5-6-22(18(23)24)8-12(21)10-25-16/h3-4,11-12,16H,1-2,5-6,8-10H2,(H,23,24). The maximum absolute atomic E-state index is 14.0. The average Bonchev–Trinajstić information content (AvgIpc) is 3.45. The highest BCUT2D eigenvalue weighted by Gasteiger charge is 2.38. The van der Waals surface area contributed by atoms with Gasteiger partial charge < -0.3 is 14.7 Å². The van der Waals surface area contributed by atoms with Gasteiger partial charge in [0.25, 0.3) is 0 Å². The summed E-state index contributed by atoms with van der Waals surface area (Å²) < 4.78 is 20.1. The lowest BCUT2D eigenvalue weighted by atomic mass is 9.92. The Kier molecular flexibility index (Phi) is 4.10. The van der Waals surface area contributed by atoms with Gasteiger partial charge in [-0.2, -0.15) is 5.26 Å². The van der Waals surface area contributed by atoms with Gasteiger partial charge in [-0.15, -0.1) is 0 Å². The molecule has 1 saturated carbocycles. The van der Waals surface area contributed by atoms with Gasteiger partial charge in [0.1, 0.15) is 11.9 Å². The summed E-state index contributed by atoms with van der Waals surface area (Å²) in [4.78, 5) is 14.8. The second-order valence-electron chi connectivity index (χ2n) is 7.01. The minimum absolute atomic E-state index is 0.0568. The first-order chi connectivity index (χ1) is 12.1. The molecule has 1 aliphatic carbocycles. The third-order valence-electron chi connectivity index (χ3n) is 5.44. The number of nitrogens with zero attached hydrogens (tertiary/aromatic N) is 3. The van der Waals surface area contributed by atoms with Crippen molar-refractivity contribution in [1.29, 1.82) is 5.26 Å². The van der Waals surface area contributed by atoms with Crippen LogP contribution in [0.2, 0.25) is 0 Å². The Labute approximate surface area is 145 Å². The first kappa shape index (κ1) is 16.3. The van der Waals surface area contributed by atoms with Crippen molar-refractivity contribution in [3.05, 3.63) is 34.6 Å². The molecule has 2 heterocycles. The lowest BCUT2D eigenvalue weighted by molar-refractivity contribution is -0.0869. The van der Waals surface area contributed by atoms with E-state index in [0.717, 1.165) is 24.0 Å². The Balaban J connectivity index is 1.57. The predicted molar refractivity (Wildman–Crippen MR) is 86.7 cm³/mol. The minimum atomic E-state index is -0.894. The van der Waals surface area contributed by atoms with E-state index in [1.54, 1.807) is 6.07 Å². The monoisotopic (exact) mass is 345 g/mol. The second-order valence-corrected chi connectivity index (χ2v) is 7.01. The number of hydrogen-bond donors (Lipinski definition) is 1. The van der Waals surface area contributed by atoms with Crippen molar-refractivity contribution in [2.24, 2.45) is 0 Å². The SMILES string of the molecule is N#Cc1c(F)ccc(C2CN3CCN(C(=O)O)CC3CO2)c1C1CC1. The third-order valence-corrected chi connectivity index (χ3v) is 5.44. The maximum Gasteiger partial charge on any atom is 0.407 e. The number of nitriles is 1. The number of rotatable bonds is 2. The van der Waals surface area contributed by atoms with Crippen LogP contribution in [0.3, 0.4) is 0 Å². The number of halogens is 1. The van der Waals surface area contributed by atoms with E-state index < -0.39 is 11.9 Å². The molecule has 2 unspecified atom stereocenters. The average molecular weight is 345 g/mol. The highest BCUT2D eigenvalue weighted by molar-refractivity contribution is 5.65. The van der Waals surface area contributed by atoms with E-state index in [4.69, 9.17) is 9.84 Å². The number of carbonyl (C=O) groups is 1. The van der Waals surface area contributed by atoms with Gasteiger partial charge in [0.15, 0.2) is 0 Å².